The van der Waals surface area contributed by atoms with Gasteiger partial charge in [0.05, 0.1) is 12.8 Å². The lowest BCUT2D eigenvalue weighted by atomic mass is 10.1. The average molecular weight is 263 g/mol. The Morgan fingerprint density at radius 1 is 1.44 bits per heavy atom. The van der Waals surface area contributed by atoms with Crippen molar-refractivity contribution in [3.63, 3.8) is 0 Å². The summed E-state index contributed by atoms with van der Waals surface area (Å²) in [5.74, 6) is -0.153. The highest BCUT2D eigenvalue weighted by Crippen LogP contribution is 2.20. The second-order valence-corrected chi connectivity index (χ2v) is 4.54. The summed E-state index contributed by atoms with van der Waals surface area (Å²) in [6, 6.07) is 3.13. The number of alkyl halides is 3. The first-order valence-electron chi connectivity index (χ1n) is 5.65. The van der Waals surface area contributed by atoms with Crippen molar-refractivity contribution in [2.75, 3.05) is 6.54 Å². The maximum Gasteiger partial charge on any atom is 0.406 e. The molecule has 0 aliphatic carbocycles. The van der Waals surface area contributed by atoms with Crippen molar-refractivity contribution in [1.82, 2.24) is 4.90 Å². The van der Waals surface area contributed by atoms with Gasteiger partial charge in [-0.25, -0.2) is 0 Å². The molecule has 0 radical (unpaired) electrons. The zero-order chi connectivity index (χ0) is 13.8. The van der Waals surface area contributed by atoms with E-state index in [4.69, 9.17) is 4.42 Å². The number of amides is 1. The molecule has 3 nitrogen and oxygen atoms in total. The lowest BCUT2D eigenvalue weighted by molar-refractivity contribution is -0.163. The highest BCUT2D eigenvalue weighted by molar-refractivity contribution is 5.76. The van der Waals surface area contributed by atoms with Crippen molar-refractivity contribution in [3.8, 4) is 0 Å². The van der Waals surface area contributed by atoms with Crippen LogP contribution in [-0.2, 0) is 11.3 Å². The van der Waals surface area contributed by atoms with E-state index in [1.807, 2.05) is 0 Å². The second-order valence-electron chi connectivity index (χ2n) is 4.54. The van der Waals surface area contributed by atoms with E-state index >= 15 is 0 Å². The molecule has 102 valence electrons. The normalized spacial score (nSPS) is 11.9. The summed E-state index contributed by atoms with van der Waals surface area (Å²) >= 11 is 0. The zero-order valence-corrected chi connectivity index (χ0v) is 10.3. The van der Waals surface area contributed by atoms with Gasteiger partial charge in [0.1, 0.15) is 12.3 Å². The van der Waals surface area contributed by atoms with Crippen LogP contribution in [0.15, 0.2) is 22.8 Å². The second kappa shape index (κ2) is 5.93. The van der Waals surface area contributed by atoms with Gasteiger partial charge >= 0.3 is 6.18 Å². The molecule has 1 heterocycles. The van der Waals surface area contributed by atoms with Gasteiger partial charge in [0.2, 0.25) is 5.91 Å². The molecule has 0 bridgehead atoms. The smallest absolute Gasteiger partial charge is 0.406 e. The minimum atomic E-state index is -4.40. The van der Waals surface area contributed by atoms with Crippen LogP contribution in [0, 0.1) is 5.92 Å². The molecular formula is C12H16F3NO2. The number of furan rings is 1. The summed E-state index contributed by atoms with van der Waals surface area (Å²) in [6.45, 7) is 2.17. The molecule has 0 fully saturated rings. The largest absolute Gasteiger partial charge is 0.467 e. The first kappa shape index (κ1) is 14.6. The molecule has 18 heavy (non-hydrogen) atoms. The molecule has 0 N–H and O–H groups in total. The molecule has 0 saturated carbocycles. The van der Waals surface area contributed by atoms with Crippen molar-refractivity contribution in [1.29, 1.82) is 0 Å². The Morgan fingerprint density at radius 3 is 2.56 bits per heavy atom. The molecular weight excluding hydrogens is 247 g/mol. The molecule has 0 unspecified atom stereocenters. The number of halogens is 3. The first-order chi connectivity index (χ1) is 8.28. The average Bonchev–Trinajstić information content (AvgIpc) is 2.66. The van der Waals surface area contributed by atoms with Crippen LogP contribution < -0.4 is 0 Å². The van der Waals surface area contributed by atoms with Gasteiger partial charge in [-0.05, 0) is 18.1 Å². The van der Waals surface area contributed by atoms with Gasteiger partial charge in [-0.1, -0.05) is 13.8 Å². The van der Waals surface area contributed by atoms with Gasteiger partial charge in [-0.3, -0.25) is 4.79 Å². The molecule has 1 aromatic heterocycles. The minimum absolute atomic E-state index is 0.0184. The standard InChI is InChI=1S/C12H16F3NO2/c1-9(2)6-11(17)16(8-12(13,14)15)7-10-4-3-5-18-10/h3-5,9H,6-8H2,1-2H3. The van der Waals surface area contributed by atoms with E-state index in [2.05, 4.69) is 0 Å². The Hall–Kier alpha value is -1.46. The van der Waals surface area contributed by atoms with Gasteiger partial charge in [-0.15, -0.1) is 0 Å². The molecule has 0 saturated heterocycles. The topological polar surface area (TPSA) is 33.5 Å². The number of rotatable bonds is 5. The van der Waals surface area contributed by atoms with Crippen molar-refractivity contribution in [2.24, 2.45) is 5.92 Å². The van der Waals surface area contributed by atoms with Crippen LogP contribution in [-0.4, -0.2) is 23.5 Å². The van der Waals surface area contributed by atoms with Gasteiger partial charge < -0.3 is 9.32 Å². The van der Waals surface area contributed by atoms with Crippen molar-refractivity contribution < 1.29 is 22.4 Å². The van der Waals surface area contributed by atoms with Gasteiger partial charge in [0.25, 0.3) is 0 Å². The number of carbonyl (C=O) groups excluding carboxylic acids is 1. The van der Waals surface area contributed by atoms with Gasteiger partial charge in [0, 0.05) is 6.42 Å². The summed E-state index contributed by atoms with van der Waals surface area (Å²) in [6.07, 6.45) is -2.94. The number of carbonyl (C=O) groups is 1. The summed E-state index contributed by atoms with van der Waals surface area (Å²) < 4.78 is 42.2. The maximum atomic E-state index is 12.4. The highest BCUT2D eigenvalue weighted by atomic mass is 19.4. The van der Waals surface area contributed by atoms with Gasteiger partial charge in [-0.2, -0.15) is 13.2 Å². The third-order valence-corrected chi connectivity index (χ3v) is 2.23. The summed E-state index contributed by atoms with van der Waals surface area (Å²) in [4.78, 5) is 12.5. The van der Waals surface area contributed by atoms with Crippen LogP contribution in [0.5, 0.6) is 0 Å². The summed E-state index contributed by atoms with van der Waals surface area (Å²) in [5.41, 5.74) is 0. The van der Waals surface area contributed by atoms with Crippen LogP contribution >= 0.6 is 0 Å². The fourth-order valence-electron chi connectivity index (χ4n) is 1.52. The van der Waals surface area contributed by atoms with E-state index in [1.165, 1.54) is 6.26 Å². The molecule has 0 atom stereocenters. The number of hydrogen-bond acceptors (Lipinski definition) is 2. The van der Waals surface area contributed by atoms with E-state index < -0.39 is 18.6 Å². The fraction of sp³-hybridized carbons (Fsp3) is 0.583. The van der Waals surface area contributed by atoms with Crippen LogP contribution in [0.3, 0.4) is 0 Å². The molecule has 1 aromatic rings. The van der Waals surface area contributed by atoms with Crippen LogP contribution in [0.1, 0.15) is 26.0 Å². The Bertz CT molecular complexity index is 371. The Kier molecular flexibility index (Phi) is 4.81. The molecule has 6 heteroatoms. The van der Waals surface area contributed by atoms with E-state index in [-0.39, 0.29) is 18.9 Å². The summed E-state index contributed by atoms with van der Waals surface area (Å²) in [7, 11) is 0. The minimum Gasteiger partial charge on any atom is -0.467 e. The lowest BCUT2D eigenvalue weighted by Crippen LogP contribution is -2.38. The Labute approximate surface area is 104 Å². The SMILES string of the molecule is CC(C)CC(=O)N(Cc1ccco1)CC(F)(F)F. The number of hydrogen-bond donors (Lipinski definition) is 0. The van der Waals surface area contributed by atoms with Gasteiger partial charge in [0.15, 0.2) is 0 Å². The third kappa shape index (κ3) is 5.25. The third-order valence-electron chi connectivity index (χ3n) is 2.23. The predicted molar refractivity (Wildman–Crippen MR) is 59.6 cm³/mol. The molecule has 1 rings (SSSR count). The van der Waals surface area contributed by atoms with Crippen molar-refractivity contribution in [3.05, 3.63) is 24.2 Å². The molecule has 0 aromatic carbocycles. The van der Waals surface area contributed by atoms with Crippen LogP contribution in [0.4, 0.5) is 13.2 Å². The molecule has 0 aliphatic rings. The Morgan fingerprint density at radius 2 is 2.11 bits per heavy atom. The zero-order valence-electron chi connectivity index (χ0n) is 10.3. The van der Waals surface area contributed by atoms with Crippen LogP contribution in [0.2, 0.25) is 0 Å². The number of nitrogens with zero attached hydrogens (tertiary/aromatic N) is 1. The van der Waals surface area contributed by atoms with E-state index in [0.29, 0.717) is 5.76 Å². The maximum absolute atomic E-state index is 12.4. The van der Waals surface area contributed by atoms with E-state index in [9.17, 15) is 18.0 Å². The monoisotopic (exact) mass is 263 g/mol. The molecule has 0 aliphatic heterocycles. The van der Waals surface area contributed by atoms with E-state index in [0.717, 1.165) is 4.90 Å². The van der Waals surface area contributed by atoms with Crippen molar-refractivity contribution in [2.45, 2.75) is 33.0 Å². The van der Waals surface area contributed by atoms with E-state index in [1.54, 1.807) is 26.0 Å². The fourth-order valence-corrected chi connectivity index (χ4v) is 1.52. The summed E-state index contributed by atoms with van der Waals surface area (Å²) in [5, 5.41) is 0. The molecule has 0 spiro atoms. The predicted octanol–water partition coefficient (Wildman–Crippen LogP) is 3.22. The first-order valence-corrected chi connectivity index (χ1v) is 5.65. The van der Waals surface area contributed by atoms with Crippen molar-refractivity contribution >= 4 is 5.91 Å². The highest BCUT2D eigenvalue weighted by Gasteiger charge is 2.33. The lowest BCUT2D eigenvalue weighted by Gasteiger charge is -2.23. The molecule has 1 amide bonds. The van der Waals surface area contributed by atoms with Crippen LogP contribution in [0.25, 0.3) is 0 Å². The Balaban J connectivity index is 2.71. The quantitative estimate of drug-likeness (QED) is 0.817.